The van der Waals surface area contributed by atoms with Crippen LogP contribution in [0.1, 0.15) is 29.6 Å². The number of aromatic nitrogens is 1. The van der Waals surface area contributed by atoms with Gasteiger partial charge in [-0.2, -0.15) is 0 Å². The summed E-state index contributed by atoms with van der Waals surface area (Å²) in [6.45, 7) is 1.84. The second-order valence-electron chi connectivity index (χ2n) is 5.34. The first-order valence-electron chi connectivity index (χ1n) is 6.76. The number of thiazole rings is 1. The van der Waals surface area contributed by atoms with E-state index in [1.54, 1.807) is 0 Å². The number of halogens is 2. The van der Waals surface area contributed by atoms with Crippen LogP contribution in [0.25, 0.3) is 0 Å². The van der Waals surface area contributed by atoms with Crippen LogP contribution in [-0.4, -0.2) is 13.4 Å². The molecule has 0 saturated heterocycles. The molecule has 1 atom stereocenters. The van der Waals surface area contributed by atoms with E-state index in [9.17, 15) is 17.2 Å². The predicted octanol–water partition coefficient (Wildman–Crippen LogP) is 3.16. The highest BCUT2D eigenvalue weighted by molar-refractivity contribution is 7.89. The Bertz CT molecular complexity index is 801. The van der Waals surface area contributed by atoms with Crippen molar-refractivity contribution in [1.29, 1.82) is 0 Å². The van der Waals surface area contributed by atoms with Crippen molar-refractivity contribution in [3.63, 3.8) is 0 Å². The lowest BCUT2D eigenvalue weighted by molar-refractivity contribution is 0.501. The van der Waals surface area contributed by atoms with Crippen LogP contribution in [0.15, 0.2) is 28.5 Å². The van der Waals surface area contributed by atoms with Gasteiger partial charge in [0.2, 0.25) is 10.0 Å². The van der Waals surface area contributed by atoms with E-state index in [4.69, 9.17) is 0 Å². The number of rotatable bonds is 5. The number of sulfonamides is 1. The largest absolute Gasteiger partial charge is 0.245 e. The number of nitrogens with zero attached hydrogens (tertiary/aromatic N) is 1. The van der Waals surface area contributed by atoms with E-state index in [0.717, 1.165) is 30.7 Å². The molecule has 1 heterocycles. The number of aryl methyl sites for hydroxylation is 1. The molecule has 1 fully saturated rings. The first kappa shape index (κ1) is 15.5. The Balaban J connectivity index is 1.89. The van der Waals surface area contributed by atoms with Crippen LogP contribution in [0.3, 0.4) is 0 Å². The van der Waals surface area contributed by atoms with Gasteiger partial charge in [0.1, 0.15) is 5.01 Å². The van der Waals surface area contributed by atoms with Crippen molar-refractivity contribution >= 4 is 21.4 Å². The molecule has 1 aliphatic carbocycles. The smallest absolute Gasteiger partial charge is 0.241 e. The normalized spacial score (nSPS) is 16.7. The van der Waals surface area contributed by atoms with Gasteiger partial charge in [-0.3, -0.25) is 0 Å². The molecule has 1 aromatic heterocycles. The first-order chi connectivity index (χ1) is 10.4. The lowest BCUT2D eigenvalue weighted by Crippen LogP contribution is -2.30. The third kappa shape index (κ3) is 3.18. The SMILES string of the molecule is Cc1csc([C@H](NS(=O)(=O)c2ccc(F)c(F)c2)C2CC2)n1. The highest BCUT2D eigenvalue weighted by atomic mass is 32.2. The summed E-state index contributed by atoms with van der Waals surface area (Å²) < 4.78 is 53.6. The van der Waals surface area contributed by atoms with Crippen LogP contribution >= 0.6 is 11.3 Å². The zero-order valence-electron chi connectivity index (χ0n) is 11.7. The summed E-state index contributed by atoms with van der Waals surface area (Å²) in [4.78, 5) is 4.05. The fraction of sp³-hybridized carbons (Fsp3) is 0.357. The molecular weight excluding hydrogens is 330 g/mol. The van der Waals surface area contributed by atoms with Gasteiger partial charge in [0.25, 0.3) is 0 Å². The molecule has 8 heteroatoms. The fourth-order valence-corrected chi connectivity index (χ4v) is 4.47. The molecule has 1 aromatic carbocycles. The van der Waals surface area contributed by atoms with Crippen LogP contribution in [-0.2, 0) is 10.0 Å². The van der Waals surface area contributed by atoms with Gasteiger partial charge >= 0.3 is 0 Å². The Labute approximate surface area is 131 Å². The molecule has 2 aromatic rings. The molecular formula is C14H14F2N2O2S2. The van der Waals surface area contributed by atoms with Gasteiger partial charge in [-0.25, -0.2) is 26.9 Å². The van der Waals surface area contributed by atoms with Gasteiger partial charge in [0.05, 0.1) is 10.9 Å². The molecule has 1 saturated carbocycles. The van der Waals surface area contributed by atoms with E-state index in [-0.39, 0.29) is 10.8 Å². The fourth-order valence-electron chi connectivity index (χ4n) is 2.17. The maximum absolute atomic E-state index is 13.3. The van der Waals surface area contributed by atoms with Crippen molar-refractivity contribution in [3.8, 4) is 0 Å². The maximum atomic E-state index is 13.3. The average molecular weight is 344 g/mol. The minimum Gasteiger partial charge on any atom is -0.245 e. The molecule has 0 aliphatic heterocycles. The standard InChI is InChI=1S/C14H14F2N2O2S2/c1-8-7-21-14(17-8)13(9-2-3-9)18-22(19,20)10-4-5-11(15)12(16)6-10/h4-7,9,13,18H,2-3H2,1H3/t13-/m1/s1. The second kappa shape index (κ2) is 5.68. The molecule has 0 spiro atoms. The summed E-state index contributed by atoms with van der Waals surface area (Å²) in [5.74, 6) is -2.06. The van der Waals surface area contributed by atoms with Crippen LogP contribution in [0.5, 0.6) is 0 Å². The van der Waals surface area contributed by atoms with Crippen LogP contribution < -0.4 is 4.72 Å². The van der Waals surface area contributed by atoms with E-state index in [1.165, 1.54) is 11.3 Å². The average Bonchev–Trinajstić information content (AvgIpc) is 3.21. The number of benzene rings is 1. The molecule has 4 nitrogen and oxygen atoms in total. The van der Waals surface area contributed by atoms with Gasteiger partial charge in [-0.15, -0.1) is 11.3 Å². The second-order valence-corrected chi connectivity index (χ2v) is 7.94. The van der Waals surface area contributed by atoms with Crippen LogP contribution in [0.4, 0.5) is 8.78 Å². The molecule has 1 N–H and O–H groups in total. The van der Waals surface area contributed by atoms with E-state index < -0.39 is 27.7 Å². The highest BCUT2D eigenvalue weighted by Gasteiger charge is 2.37. The Morgan fingerprint density at radius 3 is 2.59 bits per heavy atom. The van der Waals surface area contributed by atoms with Gasteiger partial charge in [0.15, 0.2) is 11.6 Å². The Hall–Kier alpha value is -1.38. The van der Waals surface area contributed by atoms with Crippen molar-refractivity contribution < 1.29 is 17.2 Å². The maximum Gasteiger partial charge on any atom is 0.241 e. The van der Waals surface area contributed by atoms with Gasteiger partial charge in [0, 0.05) is 11.1 Å². The lowest BCUT2D eigenvalue weighted by Gasteiger charge is -2.16. The molecule has 0 radical (unpaired) electrons. The molecule has 118 valence electrons. The predicted molar refractivity (Wildman–Crippen MR) is 79.0 cm³/mol. The molecule has 0 amide bonds. The van der Waals surface area contributed by atoms with Gasteiger partial charge in [-0.1, -0.05) is 0 Å². The number of hydrogen-bond donors (Lipinski definition) is 1. The highest BCUT2D eigenvalue weighted by Crippen LogP contribution is 2.42. The first-order valence-corrected chi connectivity index (χ1v) is 9.12. The third-order valence-corrected chi connectivity index (χ3v) is 5.96. The van der Waals surface area contributed by atoms with Crippen molar-refractivity contribution in [2.24, 2.45) is 5.92 Å². The summed E-state index contributed by atoms with van der Waals surface area (Å²) in [6.07, 6.45) is 1.84. The minimum atomic E-state index is -3.93. The minimum absolute atomic E-state index is 0.200. The van der Waals surface area contributed by atoms with Crippen molar-refractivity contribution in [1.82, 2.24) is 9.71 Å². The Morgan fingerprint density at radius 1 is 1.32 bits per heavy atom. The summed E-state index contributed by atoms with van der Waals surface area (Å²) in [5, 5.41) is 2.56. The van der Waals surface area contributed by atoms with Crippen molar-refractivity contribution in [2.45, 2.75) is 30.7 Å². The Morgan fingerprint density at radius 2 is 2.05 bits per heavy atom. The molecule has 0 unspecified atom stereocenters. The monoisotopic (exact) mass is 344 g/mol. The van der Waals surface area contributed by atoms with Crippen molar-refractivity contribution in [3.05, 3.63) is 45.9 Å². The number of hydrogen-bond acceptors (Lipinski definition) is 4. The van der Waals surface area contributed by atoms with Crippen LogP contribution in [0.2, 0.25) is 0 Å². The van der Waals surface area contributed by atoms with E-state index in [2.05, 4.69) is 9.71 Å². The van der Waals surface area contributed by atoms with E-state index in [0.29, 0.717) is 11.1 Å². The molecule has 22 heavy (non-hydrogen) atoms. The summed E-state index contributed by atoms with van der Waals surface area (Å²) in [7, 11) is -3.93. The van der Waals surface area contributed by atoms with Crippen LogP contribution in [0, 0.1) is 24.5 Å². The molecule has 0 bridgehead atoms. The van der Waals surface area contributed by atoms with E-state index in [1.807, 2.05) is 12.3 Å². The van der Waals surface area contributed by atoms with Gasteiger partial charge < -0.3 is 0 Å². The quantitative estimate of drug-likeness (QED) is 0.906. The lowest BCUT2D eigenvalue weighted by atomic mass is 10.2. The summed E-state index contributed by atoms with van der Waals surface area (Å²) in [5.41, 5.74) is 0.831. The Kier molecular flexibility index (Phi) is 4.00. The molecule has 3 rings (SSSR count). The van der Waals surface area contributed by atoms with E-state index >= 15 is 0 Å². The third-order valence-electron chi connectivity index (χ3n) is 3.48. The topological polar surface area (TPSA) is 59.1 Å². The summed E-state index contributed by atoms with van der Waals surface area (Å²) in [6, 6.07) is 2.13. The zero-order chi connectivity index (χ0) is 15.9. The number of nitrogens with one attached hydrogen (secondary N) is 1. The summed E-state index contributed by atoms with van der Waals surface area (Å²) >= 11 is 1.40. The van der Waals surface area contributed by atoms with Crippen molar-refractivity contribution in [2.75, 3.05) is 0 Å². The molecule has 1 aliphatic rings. The zero-order valence-corrected chi connectivity index (χ0v) is 13.3. The van der Waals surface area contributed by atoms with Gasteiger partial charge in [-0.05, 0) is 43.9 Å².